The van der Waals surface area contributed by atoms with Gasteiger partial charge in [0.2, 0.25) is 5.60 Å². The summed E-state index contributed by atoms with van der Waals surface area (Å²) in [5.74, 6) is 0.309. The summed E-state index contributed by atoms with van der Waals surface area (Å²) in [4.78, 5) is 13.9. The Morgan fingerprint density at radius 3 is 2.38 bits per heavy atom. The molecule has 7 heteroatoms. The van der Waals surface area contributed by atoms with Crippen LogP contribution in [0, 0.1) is 6.92 Å². The Bertz CT molecular complexity index is 711. The second-order valence-corrected chi connectivity index (χ2v) is 6.31. The number of rotatable bonds is 4. The summed E-state index contributed by atoms with van der Waals surface area (Å²) in [5, 5.41) is 18.5. The Labute approximate surface area is 145 Å². The van der Waals surface area contributed by atoms with Crippen LogP contribution in [0.1, 0.15) is 18.5 Å². The summed E-state index contributed by atoms with van der Waals surface area (Å²) in [6.45, 7) is 2.96. The first-order chi connectivity index (χ1) is 11.5. The molecule has 0 aliphatic carbocycles. The molecular weight excluding hydrogens is 330 g/mol. The standard InChI is InChI=1S/C17H18ClN3O3/c1-12-2-7-15(20-19-12)21-10-8-17(9-11-21,16(22)23)24-14-5-3-13(18)4-6-14/h2-7H,8-11H2,1H3,(H,22,23). The molecule has 2 aromatic rings. The van der Waals surface area contributed by atoms with Gasteiger partial charge in [-0.15, -0.1) is 5.10 Å². The number of carbonyl (C=O) groups is 1. The van der Waals surface area contributed by atoms with E-state index < -0.39 is 11.6 Å². The molecule has 3 rings (SSSR count). The van der Waals surface area contributed by atoms with Crippen LogP contribution in [0.15, 0.2) is 36.4 Å². The van der Waals surface area contributed by atoms with Gasteiger partial charge in [-0.25, -0.2) is 4.79 Å². The first kappa shape index (κ1) is 16.5. The maximum Gasteiger partial charge on any atom is 0.348 e. The molecular formula is C17H18ClN3O3. The summed E-state index contributed by atoms with van der Waals surface area (Å²) >= 11 is 5.86. The molecule has 6 nitrogen and oxygen atoms in total. The molecule has 0 saturated carbocycles. The lowest BCUT2D eigenvalue weighted by molar-refractivity contribution is -0.157. The highest BCUT2D eigenvalue weighted by molar-refractivity contribution is 6.30. The topological polar surface area (TPSA) is 75.5 Å². The van der Waals surface area contributed by atoms with Crippen LogP contribution < -0.4 is 9.64 Å². The van der Waals surface area contributed by atoms with Crippen LogP contribution in [0.2, 0.25) is 5.02 Å². The number of carboxylic acids is 1. The zero-order valence-corrected chi connectivity index (χ0v) is 14.0. The van der Waals surface area contributed by atoms with E-state index in [0.717, 1.165) is 11.5 Å². The highest BCUT2D eigenvalue weighted by atomic mass is 35.5. The average Bonchev–Trinajstić information content (AvgIpc) is 2.58. The molecule has 1 saturated heterocycles. The van der Waals surface area contributed by atoms with Gasteiger partial charge >= 0.3 is 5.97 Å². The van der Waals surface area contributed by atoms with Gasteiger partial charge in [0.1, 0.15) is 5.75 Å². The van der Waals surface area contributed by atoms with Gasteiger partial charge in [0.25, 0.3) is 0 Å². The van der Waals surface area contributed by atoms with Crippen molar-refractivity contribution < 1.29 is 14.6 Å². The molecule has 1 N–H and O–H groups in total. The minimum absolute atomic E-state index is 0.362. The number of anilines is 1. The van der Waals surface area contributed by atoms with E-state index in [-0.39, 0.29) is 0 Å². The van der Waals surface area contributed by atoms with E-state index in [2.05, 4.69) is 10.2 Å². The molecule has 0 radical (unpaired) electrons. The van der Waals surface area contributed by atoms with Crippen LogP contribution in [-0.4, -0.2) is 40.0 Å². The number of benzene rings is 1. The number of aryl methyl sites for hydroxylation is 1. The summed E-state index contributed by atoms with van der Waals surface area (Å²) in [6, 6.07) is 10.5. The highest BCUT2D eigenvalue weighted by Crippen LogP contribution is 2.31. The SMILES string of the molecule is Cc1ccc(N2CCC(Oc3ccc(Cl)cc3)(C(=O)O)CC2)nn1. The lowest BCUT2D eigenvalue weighted by atomic mass is 9.91. The van der Waals surface area contributed by atoms with Gasteiger partial charge in [-0.3, -0.25) is 0 Å². The van der Waals surface area contributed by atoms with Crippen LogP contribution in [0.4, 0.5) is 5.82 Å². The predicted octanol–water partition coefficient (Wildman–Crippen LogP) is 2.94. The smallest absolute Gasteiger partial charge is 0.348 e. The number of hydrogen-bond acceptors (Lipinski definition) is 5. The van der Waals surface area contributed by atoms with Crippen molar-refractivity contribution in [3.05, 3.63) is 47.1 Å². The minimum Gasteiger partial charge on any atom is -0.478 e. The third-order valence-electron chi connectivity index (χ3n) is 4.20. The number of nitrogens with zero attached hydrogens (tertiary/aromatic N) is 3. The van der Waals surface area contributed by atoms with Crippen LogP contribution in [0.25, 0.3) is 0 Å². The molecule has 0 atom stereocenters. The molecule has 1 fully saturated rings. The van der Waals surface area contributed by atoms with Gasteiger partial charge in [0.05, 0.1) is 5.69 Å². The van der Waals surface area contributed by atoms with E-state index in [1.54, 1.807) is 24.3 Å². The molecule has 0 spiro atoms. The van der Waals surface area contributed by atoms with Crippen molar-refractivity contribution >= 4 is 23.4 Å². The van der Waals surface area contributed by atoms with Gasteiger partial charge in [-0.05, 0) is 43.3 Å². The second-order valence-electron chi connectivity index (χ2n) is 5.88. The Hall–Kier alpha value is -2.34. The minimum atomic E-state index is -1.23. The maximum atomic E-state index is 11.8. The number of halogens is 1. The van der Waals surface area contributed by atoms with Crippen molar-refractivity contribution in [2.45, 2.75) is 25.4 Å². The Morgan fingerprint density at radius 1 is 1.17 bits per heavy atom. The third-order valence-corrected chi connectivity index (χ3v) is 4.45. The lowest BCUT2D eigenvalue weighted by Gasteiger charge is -2.39. The number of ether oxygens (including phenoxy) is 1. The fraction of sp³-hybridized carbons (Fsp3) is 0.353. The van der Waals surface area contributed by atoms with Crippen molar-refractivity contribution in [2.24, 2.45) is 0 Å². The number of aliphatic carboxylic acids is 1. The van der Waals surface area contributed by atoms with E-state index in [0.29, 0.717) is 36.7 Å². The Kier molecular flexibility index (Phi) is 4.57. The number of hydrogen-bond donors (Lipinski definition) is 1. The first-order valence-corrected chi connectivity index (χ1v) is 8.10. The van der Waals surface area contributed by atoms with Crippen molar-refractivity contribution in [2.75, 3.05) is 18.0 Å². The monoisotopic (exact) mass is 347 g/mol. The summed E-state index contributed by atoms with van der Waals surface area (Å²) in [7, 11) is 0. The summed E-state index contributed by atoms with van der Waals surface area (Å²) < 4.78 is 5.84. The first-order valence-electron chi connectivity index (χ1n) is 7.72. The van der Waals surface area contributed by atoms with E-state index in [9.17, 15) is 9.90 Å². The van der Waals surface area contributed by atoms with Gasteiger partial charge < -0.3 is 14.7 Å². The zero-order valence-electron chi connectivity index (χ0n) is 13.3. The molecule has 1 aromatic heterocycles. The number of carboxylic acid groups (broad SMARTS) is 1. The van der Waals surface area contributed by atoms with Gasteiger partial charge in [0, 0.05) is 31.0 Å². The lowest BCUT2D eigenvalue weighted by Crippen LogP contribution is -2.53. The summed E-state index contributed by atoms with van der Waals surface area (Å²) in [6.07, 6.45) is 0.723. The van der Waals surface area contributed by atoms with E-state index in [1.807, 2.05) is 24.0 Å². The molecule has 126 valence electrons. The maximum absolute atomic E-state index is 11.8. The number of piperidine rings is 1. The van der Waals surface area contributed by atoms with E-state index in [4.69, 9.17) is 16.3 Å². The molecule has 2 heterocycles. The predicted molar refractivity (Wildman–Crippen MR) is 90.7 cm³/mol. The van der Waals surface area contributed by atoms with Crippen LogP contribution >= 0.6 is 11.6 Å². The third kappa shape index (κ3) is 3.43. The fourth-order valence-corrected chi connectivity index (χ4v) is 2.87. The largest absolute Gasteiger partial charge is 0.478 e. The van der Waals surface area contributed by atoms with Crippen molar-refractivity contribution in [3.8, 4) is 5.75 Å². The number of aromatic nitrogens is 2. The Morgan fingerprint density at radius 2 is 1.83 bits per heavy atom. The molecule has 0 amide bonds. The second kappa shape index (κ2) is 6.65. The average molecular weight is 348 g/mol. The van der Waals surface area contributed by atoms with Crippen molar-refractivity contribution in [3.63, 3.8) is 0 Å². The fourth-order valence-electron chi connectivity index (χ4n) is 2.75. The highest BCUT2D eigenvalue weighted by Gasteiger charge is 2.44. The zero-order chi connectivity index (χ0) is 17.2. The van der Waals surface area contributed by atoms with Crippen LogP contribution in [-0.2, 0) is 4.79 Å². The quantitative estimate of drug-likeness (QED) is 0.916. The van der Waals surface area contributed by atoms with Crippen molar-refractivity contribution in [1.29, 1.82) is 0 Å². The van der Waals surface area contributed by atoms with E-state index in [1.165, 1.54) is 0 Å². The molecule has 1 aliphatic heterocycles. The van der Waals surface area contributed by atoms with E-state index >= 15 is 0 Å². The normalized spacial score (nSPS) is 16.7. The van der Waals surface area contributed by atoms with Crippen LogP contribution in [0.5, 0.6) is 5.75 Å². The van der Waals surface area contributed by atoms with Gasteiger partial charge in [-0.2, -0.15) is 5.10 Å². The molecule has 1 aliphatic rings. The summed E-state index contributed by atoms with van der Waals surface area (Å²) in [5.41, 5.74) is -0.385. The molecule has 0 unspecified atom stereocenters. The molecule has 1 aromatic carbocycles. The van der Waals surface area contributed by atoms with Crippen LogP contribution in [0.3, 0.4) is 0 Å². The van der Waals surface area contributed by atoms with Gasteiger partial charge in [-0.1, -0.05) is 11.6 Å². The molecule has 0 bridgehead atoms. The van der Waals surface area contributed by atoms with Gasteiger partial charge in [0.15, 0.2) is 5.82 Å². The Balaban J connectivity index is 1.73. The van der Waals surface area contributed by atoms with Crippen molar-refractivity contribution in [1.82, 2.24) is 10.2 Å². The molecule has 24 heavy (non-hydrogen) atoms.